The Labute approximate surface area is 162 Å². The number of carbonyl (C=O) groups excluding carboxylic acids is 2. The van der Waals surface area contributed by atoms with Gasteiger partial charge in [0.15, 0.2) is 12.4 Å². The Hall–Kier alpha value is -2.58. The van der Waals surface area contributed by atoms with E-state index >= 15 is 0 Å². The number of ether oxygens (including phenoxy) is 1. The van der Waals surface area contributed by atoms with Crippen LogP contribution in [0.25, 0.3) is 0 Å². The molecule has 1 N–H and O–H groups in total. The maximum absolute atomic E-state index is 12.3. The first-order valence-corrected chi connectivity index (χ1v) is 8.99. The number of para-hydroxylation sites is 1. The molecule has 0 unspecified atom stereocenters. The number of aromatic nitrogens is 1. The summed E-state index contributed by atoms with van der Waals surface area (Å²) in [7, 11) is 0. The minimum absolute atomic E-state index is 0.0598. The fourth-order valence-electron chi connectivity index (χ4n) is 2.76. The summed E-state index contributed by atoms with van der Waals surface area (Å²) in [5.41, 5.74) is 0. The highest BCUT2D eigenvalue weighted by molar-refractivity contribution is 6.32. The van der Waals surface area contributed by atoms with Crippen LogP contribution in [0.1, 0.15) is 5.76 Å². The van der Waals surface area contributed by atoms with Crippen LogP contribution in [0.3, 0.4) is 0 Å². The second-order valence-electron chi connectivity index (χ2n) is 6.25. The first-order chi connectivity index (χ1) is 13.0. The molecule has 144 valence electrons. The molecule has 1 fully saturated rings. The molecule has 1 aliphatic rings. The van der Waals surface area contributed by atoms with Crippen molar-refractivity contribution in [2.75, 3.05) is 44.6 Å². The quantitative estimate of drug-likeness (QED) is 0.806. The minimum atomic E-state index is -0.162. The van der Waals surface area contributed by atoms with Gasteiger partial charge in [0.2, 0.25) is 5.91 Å². The van der Waals surface area contributed by atoms with Crippen molar-refractivity contribution in [1.82, 2.24) is 15.0 Å². The molecule has 0 radical (unpaired) electrons. The fraction of sp³-hybridized carbons (Fsp3) is 0.389. The zero-order valence-electron chi connectivity index (χ0n) is 15.0. The number of hydrogen-bond donors (Lipinski definition) is 1. The van der Waals surface area contributed by atoms with Crippen molar-refractivity contribution >= 4 is 29.2 Å². The van der Waals surface area contributed by atoms with Gasteiger partial charge in [0.1, 0.15) is 11.5 Å². The Kier molecular flexibility index (Phi) is 6.31. The molecule has 1 aromatic heterocycles. The van der Waals surface area contributed by atoms with E-state index in [9.17, 15) is 9.59 Å². The van der Waals surface area contributed by atoms with Crippen LogP contribution in [-0.4, -0.2) is 66.1 Å². The maximum atomic E-state index is 12.3. The standard InChI is InChI=1S/C18H21ClN4O4/c1-13-10-16(21-27-13)20-17(24)11-22-6-8-23(9-7-22)18(25)12-26-15-5-3-2-4-14(15)19/h2-5,10H,6-9,11-12H2,1H3,(H,20,21,24). The van der Waals surface area contributed by atoms with Gasteiger partial charge in [-0.15, -0.1) is 0 Å². The summed E-state index contributed by atoms with van der Waals surface area (Å²) in [6.07, 6.45) is 0. The molecule has 3 rings (SSSR count). The van der Waals surface area contributed by atoms with Gasteiger partial charge in [0.25, 0.3) is 5.91 Å². The highest BCUT2D eigenvalue weighted by atomic mass is 35.5. The summed E-state index contributed by atoms with van der Waals surface area (Å²) in [5.74, 6) is 1.27. The Morgan fingerprint density at radius 2 is 2.00 bits per heavy atom. The lowest BCUT2D eigenvalue weighted by atomic mass is 10.3. The van der Waals surface area contributed by atoms with Crippen LogP contribution in [0, 0.1) is 6.92 Å². The minimum Gasteiger partial charge on any atom is -0.482 e. The highest BCUT2D eigenvalue weighted by Crippen LogP contribution is 2.23. The number of rotatable bonds is 6. The molecule has 1 saturated heterocycles. The Morgan fingerprint density at radius 3 is 2.67 bits per heavy atom. The molecule has 0 atom stereocenters. The topological polar surface area (TPSA) is 87.9 Å². The van der Waals surface area contributed by atoms with Crippen LogP contribution in [0.5, 0.6) is 5.75 Å². The smallest absolute Gasteiger partial charge is 0.260 e. The van der Waals surface area contributed by atoms with Gasteiger partial charge in [0.05, 0.1) is 11.6 Å². The van der Waals surface area contributed by atoms with E-state index in [4.69, 9.17) is 20.9 Å². The average Bonchev–Trinajstić information content (AvgIpc) is 3.06. The van der Waals surface area contributed by atoms with Crippen LogP contribution in [0.15, 0.2) is 34.9 Å². The predicted octanol–water partition coefficient (Wildman–Crippen LogP) is 1.80. The predicted molar refractivity (Wildman–Crippen MR) is 99.8 cm³/mol. The molecular formula is C18H21ClN4O4. The number of benzene rings is 1. The molecule has 8 nitrogen and oxygen atoms in total. The number of piperazine rings is 1. The van der Waals surface area contributed by atoms with Crippen molar-refractivity contribution in [1.29, 1.82) is 0 Å². The van der Waals surface area contributed by atoms with Crippen molar-refractivity contribution in [3.63, 3.8) is 0 Å². The highest BCUT2D eigenvalue weighted by Gasteiger charge is 2.23. The molecule has 0 aliphatic carbocycles. The SMILES string of the molecule is Cc1cc(NC(=O)CN2CCN(C(=O)COc3ccccc3Cl)CC2)no1. The van der Waals surface area contributed by atoms with E-state index in [0.717, 1.165) is 0 Å². The van der Waals surface area contributed by atoms with E-state index in [0.29, 0.717) is 48.5 Å². The molecule has 2 aromatic rings. The van der Waals surface area contributed by atoms with Crippen LogP contribution in [-0.2, 0) is 9.59 Å². The van der Waals surface area contributed by atoms with Gasteiger partial charge in [-0.2, -0.15) is 0 Å². The van der Waals surface area contributed by atoms with Crippen LogP contribution in [0.2, 0.25) is 5.02 Å². The largest absolute Gasteiger partial charge is 0.482 e. The van der Waals surface area contributed by atoms with Crippen molar-refractivity contribution in [2.24, 2.45) is 0 Å². The Balaban J connectivity index is 1.39. The summed E-state index contributed by atoms with van der Waals surface area (Å²) >= 11 is 6.02. The summed E-state index contributed by atoms with van der Waals surface area (Å²) in [6, 6.07) is 8.70. The van der Waals surface area contributed by atoms with Gasteiger partial charge >= 0.3 is 0 Å². The molecule has 27 heavy (non-hydrogen) atoms. The van der Waals surface area contributed by atoms with Crippen LogP contribution >= 0.6 is 11.6 Å². The van der Waals surface area contributed by atoms with E-state index in [1.54, 1.807) is 42.2 Å². The van der Waals surface area contributed by atoms with E-state index < -0.39 is 0 Å². The third kappa shape index (κ3) is 5.45. The lowest BCUT2D eigenvalue weighted by Gasteiger charge is -2.34. The third-order valence-corrected chi connectivity index (χ3v) is 4.49. The molecule has 9 heteroatoms. The van der Waals surface area contributed by atoms with Gasteiger partial charge in [-0.25, -0.2) is 0 Å². The molecule has 1 aliphatic heterocycles. The number of nitrogens with zero attached hydrogens (tertiary/aromatic N) is 3. The Bertz CT molecular complexity index is 802. The van der Waals surface area contributed by atoms with E-state index in [-0.39, 0.29) is 25.0 Å². The summed E-state index contributed by atoms with van der Waals surface area (Å²) in [5, 5.41) is 6.90. The Morgan fingerprint density at radius 1 is 1.26 bits per heavy atom. The molecule has 2 heterocycles. The van der Waals surface area contributed by atoms with Crippen molar-refractivity contribution in [3.05, 3.63) is 41.1 Å². The lowest BCUT2D eigenvalue weighted by molar-refractivity contribution is -0.135. The van der Waals surface area contributed by atoms with E-state index in [1.165, 1.54) is 0 Å². The van der Waals surface area contributed by atoms with Crippen molar-refractivity contribution in [3.8, 4) is 5.75 Å². The normalized spacial score (nSPS) is 14.8. The molecule has 0 spiro atoms. The molecule has 1 aromatic carbocycles. The van der Waals surface area contributed by atoms with Crippen LogP contribution < -0.4 is 10.1 Å². The monoisotopic (exact) mass is 392 g/mol. The summed E-state index contributed by atoms with van der Waals surface area (Å²) in [4.78, 5) is 28.1. The zero-order chi connectivity index (χ0) is 19.2. The fourth-order valence-corrected chi connectivity index (χ4v) is 2.95. The van der Waals surface area contributed by atoms with E-state index in [2.05, 4.69) is 10.5 Å². The van der Waals surface area contributed by atoms with Crippen molar-refractivity contribution in [2.45, 2.75) is 6.92 Å². The van der Waals surface area contributed by atoms with Gasteiger partial charge in [-0.05, 0) is 19.1 Å². The second kappa shape index (κ2) is 8.88. The molecule has 0 saturated carbocycles. The summed E-state index contributed by atoms with van der Waals surface area (Å²) in [6.45, 7) is 4.25. The third-order valence-electron chi connectivity index (χ3n) is 4.18. The van der Waals surface area contributed by atoms with Crippen molar-refractivity contribution < 1.29 is 18.8 Å². The van der Waals surface area contributed by atoms with E-state index in [1.807, 2.05) is 4.90 Å². The first kappa shape index (κ1) is 19.2. The maximum Gasteiger partial charge on any atom is 0.260 e. The van der Waals surface area contributed by atoms with Gasteiger partial charge in [-0.3, -0.25) is 14.5 Å². The molecular weight excluding hydrogens is 372 g/mol. The zero-order valence-corrected chi connectivity index (χ0v) is 15.7. The number of aryl methyl sites for hydroxylation is 1. The number of halogens is 1. The second-order valence-corrected chi connectivity index (χ2v) is 6.65. The van der Waals surface area contributed by atoms with Gasteiger partial charge in [-0.1, -0.05) is 28.9 Å². The summed E-state index contributed by atoms with van der Waals surface area (Å²) < 4.78 is 10.4. The molecule has 2 amide bonds. The number of hydrogen-bond acceptors (Lipinski definition) is 6. The number of amides is 2. The number of anilines is 1. The number of nitrogens with one attached hydrogen (secondary N) is 1. The van der Waals surface area contributed by atoms with Gasteiger partial charge in [0, 0.05) is 32.2 Å². The average molecular weight is 393 g/mol. The van der Waals surface area contributed by atoms with Gasteiger partial charge < -0.3 is 19.5 Å². The lowest BCUT2D eigenvalue weighted by Crippen LogP contribution is -2.51. The van der Waals surface area contributed by atoms with Crippen LogP contribution in [0.4, 0.5) is 5.82 Å². The first-order valence-electron chi connectivity index (χ1n) is 8.62. The molecule has 0 bridgehead atoms. The number of carbonyl (C=O) groups is 2.